The van der Waals surface area contributed by atoms with E-state index >= 15 is 0 Å². The first kappa shape index (κ1) is 24.0. The Morgan fingerprint density at radius 1 is 1.10 bits per heavy atom. The molecule has 168 valence electrons. The van der Waals surface area contributed by atoms with Crippen molar-refractivity contribution in [2.45, 2.75) is 77.4 Å². The van der Waals surface area contributed by atoms with Crippen LogP contribution in [0.5, 0.6) is 0 Å². The average molecular weight is 417 g/mol. The number of guanidine groups is 1. The number of ether oxygens (including phenoxy) is 1. The van der Waals surface area contributed by atoms with Gasteiger partial charge in [0.05, 0.1) is 0 Å². The third-order valence-corrected chi connectivity index (χ3v) is 5.20. The van der Waals surface area contributed by atoms with Gasteiger partial charge in [-0.25, -0.2) is 0 Å². The van der Waals surface area contributed by atoms with Crippen molar-refractivity contribution in [2.75, 3.05) is 31.6 Å². The minimum atomic E-state index is -0.387. The average Bonchev–Trinajstić information content (AvgIpc) is 2.72. The highest BCUT2D eigenvalue weighted by molar-refractivity contribution is 5.80. The van der Waals surface area contributed by atoms with Crippen LogP contribution in [0.15, 0.2) is 35.3 Å². The second-order valence-corrected chi connectivity index (χ2v) is 8.99. The number of carbonyl (C=O) groups excluding carboxylic acids is 1. The van der Waals surface area contributed by atoms with Crippen LogP contribution in [-0.2, 0) is 9.53 Å². The van der Waals surface area contributed by atoms with Gasteiger partial charge < -0.3 is 20.3 Å². The van der Waals surface area contributed by atoms with E-state index in [0.717, 1.165) is 64.1 Å². The molecule has 0 atom stereocenters. The number of rotatable bonds is 9. The molecule has 2 N–H and O–H groups in total. The number of unbranched alkanes of at least 4 members (excludes halogenated alkanes) is 3. The lowest BCUT2D eigenvalue weighted by atomic mass is 10.0. The molecule has 1 aromatic carbocycles. The molecule has 0 bridgehead atoms. The van der Waals surface area contributed by atoms with E-state index in [1.807, 2.05) is 27.8 Å². The first-order valence-electron chi connectivity index (χ1n) is 11.4. The Morgan fingerprint density at radius 2 is 1.77 bits per heavy atom. The SMILES string of the molecule is CN=C(NCCCCCCC(=O)OC(C)(C)C)NC1CCN(c2ccccc2)CC1. The van der Waals surface area contributed by atoms with Crippen molar-refractivity contribution in [3.8, 4) is 0 Å². The maximum Gasteiger partial charge on any atom is 0.306 e. The predicted octanol–water partition coefficient (Wildman–Crippen LogP) is 4.11. The molecule has 30 heavy (non-hydrogen) atoms. The molecule has 1 heterocycles. The molecule has 2 rings (SSSR count). The van der Waals surface area contributed by atoms with Gasteiger partial charge in [0.25, 0.3) is 0 Å². The summed E-state index contributed by atoms with van der Waals surface area (Å²) in [6.07, 6.45) is 6.84. The molecule has 1 aromatic rings. The van der Waals surface area contributed by atoms with Crippen LogP contribution >= 0.6 is 0 Å². The minimum absolute atomic E-state index is 0.0939. The summed E-state index contributed by atoms with van der Waals surface area (Å²) in [5, 5.41) is 6.99. The molecular weight excluding hydrogens is 376 g/mol. The number of nitrogens with zero attached hydrogens (tertiary/aromatic N) is 2. The van der Waals surface area contributed by atoms with Crippen molar-refractivity contribution in [3.05, 3.63) is 30.3 Å². The molecule has 0 radical (unpaired) electrons. The molecule has 0 aliphatic carbocycles. The normalized spacial score (nSPS) is 15.7. The number of aliphatic imine (C=N–C) groups is 1. The van der Waals surface area contributed by atoms with E-state index in [1.165, 1.54) is 5.69 Å². The quantitative estimate of drug-likeness (QED) is 0.274. The molecular formula is C24H40N4O2. The Bertz CT molecular complexity index is 647. The van der Waals surface area contributed by atoms with Gasteiger partial charge in [0.1, 0.15) is 5.60 Å². The Kier molecular flexibility index (Phi) is 9.98. The first-order chi connectivity index (χ1) is 14.4. The lowest BCUT2D eigenvalue weighted by Gasteiger charge is -2.34. The molecule has 6 nitrogen and oxygen atoms in total. The van der Waals surface area contributed by atoms with Crippen LogP contribution in [0.1, 0.15) is 65.7 Å². The van der Waals surface area contributed by atoms with E-state index < -0.39 is 0 Å². The summed E-state index contributed by atoms with van der Waals surface area (Å²) < 4.78 is 5.34. The topological polar surface area (TPSA) is 66.0 Å². The lowest BCUT2D eigenvalue weighted by Crippen LogP contribution is -2.48. The second kappa shape index (κ2) is 12.5. The fourth-order valence-electron chi connectivity index (χ4n) is 3.66. The summed E-state index contributed by atoms with van der Waals surface area (Å²) in [6.45, 7) is 8.75. The summed E-state index contributed by atoms with van der Waals surface area (Å²) in [7, 11) is 1.83. The zero-order valence-corrected chi connectivity index (χ0v) is 19.2. The number of carbonyl (C=O) groups is 1. The van der Waals surface area contributed by atoms with Gasteiger partial charge in [-0.3, -0.25) is 9.79 Å². The van der Waals surface area contributed by atoms with Crippen molar-refractivity contribution < 1.29 is 9.53 Å². The van der Waals surface area contributed by atoms with Crippen molar-refractivity contribution in [3.63, 3.8) is 0 Å². The maximum absolute atomic E-state index is 11.7. The van der Waals surface area contributed by atoms with Crippen LogP contribution in [0.2, 0.25) is 0 Å². The summed E-state index contributed by atoms with van der Waals surface area (Å²) >= 11 is 0. The predicted molar refractivity (Wildman–Crippen MR) is 125 cm³/mol. The van der Waals surface area contributed by atoms with Crippen LogP contribution in [-0.4, -0.2) is 50.3 Å². The fourth-order valence-corrected chi connectivity index (χ4v) is 3.66. The Balaban J connectivity index is 1.54. The smallest absolute Gasteiger partial charge is 0.306 e. The van der Waals surface area contributed by atoms with E-state index in [9.17, 15) is 4.79 Å². The van der Waals surface area contributed by atoms with E-state index in [-0.39, 0.29) is 11.6 Å². The molecule has 1 aliphatic heterocycles. The monoisotopic (exact) mass is 416 g/mol. The molecule has 1 fully saturated rings. The largest absolute Gasteiger partial charge is 0.460 e. The van der Waals surface area contributed by atoms with Crippen molar-refractivity contribution >= 4 is 17.6 Å². The van der Waals surface area contributed by atoms with Gasteiger partial charge in [-0.1, -0.05) is 31.0 Å². The summed E-state index contributed by atoms with van der Waals surface area (Å²) in [6, 6.07) is 11.1. The van der Waals surface area contributed by atoms with Gasteiger partial charge in [-0.2, -0.15) is 0 Å². The van der Waals surface area contributed by atoms with E-state index in [2.05, 4.69) is 50.9 Å². The Hall–Kier alpha value is -2.24. The standard InChI is InChI=1S/C24H40N4O2/c1-24(2,3)30-22(29)14-10-5-6-11-17-26-23(25-4)27-20-15-18-28(19-16-20)21-12-8-7-9-13-21/h7-9,12-13,20H,5-6,10-11,14-19H2,1-4H3,(H2,25,26,27). The molecule has 1 aliphatic rings. The first-order valence-corrected chi connectivity index (χ1v) is 11.4. The number of nitrogens with one attached hydrogen (secondary N) is 2. The van der Waals surface area contributed by atoms with Gasteiger partial charge >= 0.3 is 5.97 Å². The number of piperidine rings is 1. The molecule has 0 unspecified atom stereocenters. The van der Waals surface area contributed by atoms with Gasteiger partial charge in [0.2, 0.25) is 0 Å². The lowest BCUT2D eigenvalue weighted by molar-refractivity contribution is -0.154. The number of benzene rings is 1. The molecule has 0 saturated carbocycles. The number of anilines is 1. The zero-order valence-electron chi connectivity index (χ0n) is 19.2. The highest BCUT2D eigenvalue weighted by atomic mass is 16.6. The van der Waals surface area contributed by atoms with Gasteiger partial charge in [0.15, 0.2) is 5.96 Å². The van der Waals surface area contributed by atoms with Gasteiger partial charge in [-0.15, -0.1) is 0 Å². The number of hydrogen-bond acceptors (Lipinski definition) is 4. The van der Waals surface area contributed by atoms with Crippen molar-refractivity contribution in [2.24, 2.45) is 4.99 Å². The van der Waals surface area contributed by atoms with Crippen molar-refractivity contribution in [1.29, 1.82) is 0 Å². The van der Waals surface area contributed by atoms with E-state index in [0.29, 0.717) is 12.5 Å². The summed E-state index contributed by atoms with van der Waals surface area (Å²) in [5.41, 5.74) is 0.923. The molecule has 0 amide bonds. The van der Waals surface area contributed by atoms with E-state index in [1.54, 1.807) is 0 Å². The second-order valence-electron chi connectivity index (χ2n) is 8.99. The highest BCUT2D eigenvalue weighted by Gasteiger charge is 2.20. The van der Waals surface area contributed by atoms with Crippen LogP contribution < -0.4 is 15.5 Å². The highest BCUT2D eigenvalue weighted by Crippen LogP contribution is 2.19. The third kappa shape index (κ3) is 9.51. The molecule has 0 spiro atoms. The minimum Gasteiger partial charge on any atom is -0.460 e. The van der Waals surface area contributed by atoms with Crippen LogP contribution in [0.4, 0.5) is 5.69 Å². The maximum atomic E-state index is 11.7. The molecule has 0 aromatic heterocycles. The number of para-hydroxylation sites is 1. The van der Waals surface area contributed by atoms with Crippen LogP contribution in [0.3, 0.4) is 0 Å². The Labute approximate surface area is 182 Å². The van der Waals surface area contributed by atoms with Crippen LogP contribution in [0.25, 0.3) is 0 Å². The van der Waals surface area contributed by atoms with Crippen molar-refractivity contribution in [1.82, 2.24) is 10.6 Å². The van der Waals surface area contributed by atoms with Crippen LogP contribution in [0, 0.1) is 0 Å². The van der Waals surface area contributed by atoms with Gasteiger partial charge in [0, 0.05) is 44.8 Å². The Morgan fingerprint density at radius 3 is 2.40 bits per heavy atom. The summed E-state index contributed by atoms with van der Waals surface area (Å²) in [4.78, 5) is 18.5. The third-order valence-electron chi connectivity index (χ3n) is 5.20. The fraction of sp³-hybridized carbons (Fsp3) is 0.667. The number of hydrogen-bond donors (Lipinski definition) is 2. The number of esters is 1. The summed E-state index contributed by atoms with van der Waals surface area (Å²) in [5.74, 6) is 0.797. The van der Waals surface area contributed by atoms with Gasteiger partial charge in [-0.05, 0) is 58.6 Å². The molecule has 1 saturated heterocycles. The zero-order chi connectivity index (χ0) is 21.8. The molecule has 6 heteroatoms. The van der Waals surface area contributed by atoms with E-state index in [4.69, 9.17) is 4.74 Å².